The number of thioether (sulfide) groups is 1. The highest BCUT2D eigenvalue weighted by molar-refractivity contribution is 7.98. The molecule has 0 aliphatic heterocycles. The summed E-state index contributed by atoms with van der Waals surface area (Å²) < 4.78 is 15.1. The molecule has 7 heteroatoms. The molecule has 4 rings (SSSR count). The first-order valence-electron chi connectivity index (χ1n) is 10.5. The van der Waals surface area contributed by atoms with Gasteiger partial charge in [0.15, 0.2) is 11.0 Å². The van der Waals surface area contributed by atoms with Gasteiger partial charge in [-0.25, -0.2) is 4.39 Å². The van der Waals surface area contributed by atoms with Crippen LogP contribution in [-0.4, -0.2) is 20.7 Å². The Labute approximate surface area is 196 Å². The predicted octanol–water partition coefficient (Wildman–Crippen LogP) is 5.34. The normalized spacial score (nSPS) is 11.1. The Morgan fingerprint density at radius 2 is 1.73 bits per heavy atom. The fourth-order valence-electron chi connectivity index (χ4n) is 3.15. The van der Waals surface area contributed by atoms with Crippen LogP contribution in [0.1, 0.15) is 22.5 Å². The van der Waals surface area contributed by atoms with E-state index in [1.807, 2.05) is 66.1 Å². The number of benzene rings is 3. The van der Waals surface area contributed by atoms with Crippen LogP contribution in [-0.2, 0) is 17.1 Å². The van der Waals surface area contributed by atoms with Crippen molar-refractivity contribution in [1.29, 1.82) is 0 Å². The molecule has 1 N–H and O–H groups in total. The summed E-state index contributed by atoms with van der Waals surface area (Å²) in [5.41, 5.74) is 4.00. The molecule has 1 aromatic heterocycles. The second kappa shape index (κ2) is 10.7. The summed E-state index contributed by atoms with van der Waals surface area (Å²) in [6, 6.07) is 24.1. The Hall–Kier alpha value is -3.71. The van der Waals surface area contributed by atoms with Gasteiger partial charge in [-0.15, -0.1) is 10.2 Å². The predicted molar refractivity (Wildman–Crippen MR) is 129 cm³/mol. The number of carbonyl (C=O) groups is 1. The van der Waals surface area contributed by atoms with Crippen LogP contribution >= 0.6 is 11.8 Å². The van der Waals surface area contributed by atoms with Crippen LogP contribution in [0.4, 0.5) is 4.39 Å². The Kier molecular flexibility index (Phi) is 7.32. The van der Waals surface area contributed by atoms with Gasteiger partial charge >= 0.3 is 0 Å². The number of amides is 1. The van der Waals surface area contributed by atoms with Crippen molar-refractivity contribution in [2.45, 2.75) is 24.4 Å². The SMILES string of the molecule is Cc1ccc(-n2c(CNC(=O)/C=C/c3ccccc3)nnc2SCc2ccc(F)cc2)cc1. The quantitative estimate of drug-likeness (QED) is 0.286. The van der Waals surface area contributed by atoms with Crippen LogP contribution in [0.2, 0.25) is 0 Å². The third-order valence-electron chi connectivity index (χ3n) is 4.92. The standard InChI is InChI=1S/C26H23FN4OS/c1-19-7-14-23(15-8-19)31-24(17-28-25(32)16-11-20-5-3-2-4-6-20)29-30-26(31)33-18-21-9-12-22(27)13-10-21/h2-16H,17-18H2,1H3,(H,28,32)/b16-11+. The Balaban J connectivity index is 1.50. The van der Waals surface area contributed by atoms with E-state index in [9.17, 15) is 9.18 Å². The smallest absolute Gasteiger partial charge is 0.244 e. The van der Waals surface area contributed by atoms with Crippen LogP contribution in [0.3, 0.4) is 0 Å². The molecule has 0 fully saturated rings. The molecule has 0 aliphatic rings. The van der Waals surface area contributed by atoms with Gasteiger partial charge in [-0.3, -0.25) is 9.36 Å². The average Bonchev–Trinajstić information content (AvgIpc) is 3.25. The zero-order valence-electron chi connectivity index (χ0n) is 18.1. The maximum Gasteiger partial charge on any atom is 0.244 e. The molecule has 0 bridgehead atoms. The molecule has 0 spiro atoms. The number of nitrogens with zero attached hydrogens (tertiary/aromatic N) is 3. The molecular formula is C26H23FN4OS. The van der Waals surface area contributed by atoms with E-state index in [1.165, 1.54) is 30.0 Å². The molecule has 166 valence electrons. The Morgan fingerprint density at radius 1 is 1.00 bits per heavy atom. The van der Waals surface area contributed by atoms with Gasteiger partial charge in [0.25, 0.3) is 0 Å². The topological polar surface area (TPSA) is 59.8 Å². The van der Waals surface area contributed by atoms with Gasteiger partial charge < -0.3 is 5.32 Å². The Morgan fingerprint density at radius 3 is 2.45 bits per heavy atom. The van der Waals surface area contributed by atoms with Crippen molar-refractivity contribution in [1.82, 2.24) is 20.1 Å². The first-order chi connectivity index (χ1) is 16.1. The highest BCUT2D eigenvalue weighted by Gasteiger charge is 2.15. The number of aromatic nitrogens is 3. The summed E-state index contributed by atoms with van der Waals surface area (Å²) >= 11 is 1.51. The fourth-order valence-corrected chi connectivity index (χ4v) is 4.08. The molecule has 5 nitrogen and oxygen atoms in total. The molecule has 0 radical (unpaired) electrons. The molecule has 0 aliphatic carbocycles. The molecule has 1 amide bonds. The lowest BCUT2D eigenvalue weighted by Crippen LogP contribution is -2.22. The first-order valence-corrected chi connectivity index (χ1v) is 11.5. The maximum atomic E-state index is 13.2. The minimum absolute atomic E-state index is 0.210. The largest absolute Gasteiger partial charge is 0.345 e. The molecule has 0 saturated carbocycles. The molecule has 0 atom stereocenters. The third-order valence-corrected chi connectivity index (χ3v) is 5.92. The van der Waals surface area contributed by atoms with Crippen molar-refractivity contribution in [3.8, 4) is 5.69 Å². The van der Waals surface area contributed by atoms with Crippen molar-refractivity contribution in [2.75, 3.05) is 0 Å². The van der Waals surface area contributed by atoms with Crippen LogP contribution in [0.5, 0.6) is 0 Å². The molecule has 0 unspecified atom stereocenters. The lowest BCUT2D eigenvalue weighted by atomic mass is 10.2. The highest BCUT2D eigenvalue weighted by atomic mass is 32.2. The molecule has 33 heavy (non-hydrogen) atoms. The first kappa shape index (κ1) is 22.5. The molecule has 0 saturated heterocycles. The summed E-state index contributed by atoms with van der Waals surface area (Å²) in [4.78, 5) is 12.3. The summed E-state index contributed by atoms with van der Waals surface area (Å²) in [6.45, 7) is 2.26. The van der Waals surface area contributed by atoms with Crippen molar-refractivity contribution >= 4 is 23.7 Å². The zero-order valence-corrected chi connectivity index (χ0v) is 18.9. The Bertz CT molecular complexity index is 1240. The second-order valence-electron chi connectivity index (χ2n) is 7.45. The second-order valence-corrected chi connectivity index (χ2v) is 8.39. The lowest BCUT2D eigenvalue weighted by Gasteiger charge is -2.11. The summed E-state index contributed by atoms with van der Waals surface area (Å²) in [5, 5.41) is 12.3. The van der Waals surface area contributed by atoms with E-state index >= 15 is 0 Å². The van der Waals surface area contributed by atoms with Gasteiger partial charge in [-0.05, 0) is 48.4 Å². The zero-order chi connectivity index (χ0) is 23.0. The number of nitrogens with one attached hydrogen (secondary N) is 1. The van der Waals surface area contributed by atoms with Gasteiger partial charge in [0, 0.05) is 17.5 Å². The summed E-state index contributed by atoms with van der Waals surface area (Å²) in [5.74, 6) is 0.779. The van der Waals surface area contributed by atoms with Crippen LogP contribution in [0.15, 0.2) is 90.1 Å². The summed E-state index contributed by atoms with van der Waals surface area (Å²) in [7, 11) is 0. The summed E-state index contributed by atoms with van der Waals surface area (Å²) in [6.07, 6.45) is 3.27. The number of rotatable bonds is 8. The number of carbonyl (C=O) groups excluding carboxylic acids is 1. The number of aryl methyl sites for hydroxylation is 1. The minimum Gasteiger partial charge on any atom is -0.345 e. The van der Waals surface area contributed by atoms with Crippen molar-refractivity contribution < 1.29 is 9.18 Å². The van der Waals surface area contributed by atoms with E-state index < -0.39 is 0 Å². The van der Waals surface area contributed by atoms with Crippen molar-refractivity contribution in [2.24, 2.45) is 0 Å². The highest BCUT2D eigenvalue weighted by Crippen LogP contribution is 2.25. The van der Waals surface area contributed by atoms with Gasteiger partial charge in [-0.2, -0.15) is 0 Å². The van der Waals surface area contributed by atoms with E-state index in [-0.39, 0.29) is 18.3 Å². The van der Waals surface area contributed by atoms with Crippen molar-refractivity contribution in [3.05, 3.63) is 113 Å². The van der Waals surface area contributed by atoms with Gasteiger partial charge in [0.1, 0.15) is 5.82 Å². The lowest BCUT2D eigenvalue weighted by molar-refractivity contribution is -0.116. The molecule has 4 aromatic rings. The van der Waals surface area contributed by atoms with Crippen molar-refractivity contribution in [3.63, 3.8) is 0 Å². The number of hydrogen-bond acceptors (Lipinski definition) is 4. The third kappa shape index (κ3) is 6.17. The molecule has 1 heterocycles. The van der Waals surface area contributed by atoms with E-state index in [4.69, 9.17) is 0 Å². The van der Waals surface area contributed by atoms with Gasteiger partial charge in [-0.1, -0.05) is 71.9 Å². The fraction of sp³-hybridized carbons (Fsp3) is 0.115. The van der Waals surface area contributed by atoms with Crippen LogP contribution in [0, 0.1) is 12.7 Å². The molecule has 3 aromatic carbocycles. The minimum atomic E-state index is -0.258. The molecular weight excluding hydrogens is 435 g/mol. The monoisotopic (exact) mass is 458 g/mol. The van der Waals surface area contributed by atoms with E-state index in [1.54, 1.807) is 18.2 Å². The van der Waals surface area contributed by atoms with Gasteiger partial charge in [0.05, 0.1) is 6.54 Å². The maximum absolute atomic E-state index is 13.2. The van der Waals surface area contributed by atoms with Crippen LogP contribution < -0.4 is 5.32 Å². The van der Waals surface area contributed by atoms with Crippen LogP contribution in [0.25, 0.3) is 11.8 Å². The van der Waals surface area contributed by atoms with E-state index in [0.29, 0.717) is 16.7 Å². The van der Waals surface area contributed by atoms with Gasteiger partial charge in [0.2, 0.25) is 5.91 Å². The number of halogens is 1. The van der Waals surface area contributed by atoms with E-state index in [0.717, 1.165) is 22.4 Å². The van der Waals surface area contributed by atoms with E-state index in [2.05, 4.69) is 15.5 Å². The number of hydrogen-bond donors (Lipinski definition) is 1. The average molecular weight is 459 g/mol.